The molecule has 150 valence electrons. The molecule has 3 rings (SSSR count). The molecule has 2 aromatic carbocycles. The number of benzene rings is 2. The number of carbonyl (C=O) groups is 3. The van der Waals surface area contributed by atoms with Crippen molar-refractivity contribution in [3.05, 3.63) is 40.8 Å². The van der Waals surface area contributed by atoms with Crippen molar-refractivity contribution in [2.75, 3.05) is 10.2 Å². The fourth-order valence-electron chi connectivity index (χ4n) is 2.57. The molecule has 3 amide bonds. The fraction of sp³-hybridized carbons (Fsp3) is 0.105. The van der Waals surface area contributed by atoms with Gasteiger partial charge >= 0.3 is 0 Å². The van der Waals surface area contributed by atoms with Crippen molar-refractivity contribution in [1.82, 2.24) is 0 Å². The van der Waals surface area contributed by atoms with Crippen LogP contribution in [0.25, 0.3) is 6.08 Å². The minimum Gasteiger partial charge on any atom is -0.504 e. The van der Waals surface area contributed by atoms with Gasteiger partial charge in [0.15, 0.2) is 11.5 Å². The summed E-state index contributed by atoms with van der Waals surface area (Å²) in [4.78, 5) is 38.2. The number of carbonyl (C=O) groups excluding carboxylic acids is 3. The molecule has 0 aliphatic carbocycles. The average Bonchev–Trinajstić information content (AvgIpc) is 2.97. The molecular weight excluding hydrogens is 416 g/mol. The summed E-state index contributed by atoms with van der Waals surface area (Å²) < 4.78 is 0. The Morgan fingerprint density at radius 3 is 2.59 bits per heavy atom. The van der Waals surface area contributed by atoms with Crippen molar-refractivity contribution >= 4 is 58.9 Å². The summed E-state index contributed by atoms with van der Waals surface area (Å²) in [5, 5.41) is 31.0. The average molecular weight is 432 g/mol. The smallest absolute Gasteiger partial charge is 0.298 e. The van der Waals surface area contributed by atoms with E-state index >= 15 is 0 Å². The van der Waals surface area contributed by atoms with E-state index < -0.39 is 28.4 Å². The third-order valence-electron chi connectivity index (χ3n) is 4.09. The Kier molecular flexibility index (Phi) is 5.76. The van der Waals surface area contributed by atoms with Crippen molar-refractivity contribution in [2.45, 2.75) is 18.2 Å². The maximum atomic E-state index is 12.8. The number of nitrogens with one attached hydrogen (secondary N) is 1. The normalized spacial score (nSPS) is 15.2. The van der Waals surface area contributed by atoms with Gasteiger partial charge in [-0.2, -0.15) is 0 Å². The Bertz CT molecular complexity index is 1070. The summed E-state index contributed by atoms with van der Waals surface area (Å²) >= 11 is 5.01. The van der Waals surface area contributed by atoms with Crippen molar-refractivity contribution in [3.8, 4) is 17.2 Å². The van der Waals surface area contributed by atoms with E-state index in [0.29, 0.717) is 17.4 Å². The standard InChI is InChI=1S/C19H16N2O6S2/c1-2-14(23)20-10-4-3-5-11(17(10)28)21-18(26)13(29-19(21)27)8-9-6-7-12(22)16(25)15(9)24/h3-8,22,24-25,28H,2H2,1H3,(H,20,23)/b13-8-. The molecule has 0 aromatic heterocycles. The summed E-state index contributed by atoms with van der Waals surface area (Å²) in [5.41, 5.74) is 0.619. The first-order chi connectivity index (χ1) is 13.7. The van der Waals surface area contributed by atoms with Crippen molar-refractivity contribution in [1.29, 1.82) is 0 Å². The lowest BCUT2D eigenvalue weighted by molar-refractivity contribution is -0.116. The van der Waals surface area contributed by atoms with Crippen LogP contribution in [0.3, 0.4) is 0 Å². The highest BCUT2D eigenvalue weighted by molar-refractivity contribution is 8.19. The largest absolute Gasteiger partial charge is 0.504 e. The number of imide groups is 1. The number of thioether (sulfide) groups is 1. The molecular formula is C19H16N2O6S2. The highest BCUT2D eigenvalue weighted by Crippen LogP contribution is 2.43. The molecule has 0 bridgehead atoms. The van der Waals surface area contributed by atoms with Gasteiger partial charge in [0, 0.05) is 12.0 Å². The molecule has 0 spiro atoms. The van der Waals surface area contributed by atoms with Crippen LogP contribution in [0.4, 0.5) is 16.2 Å². The molecule has 1 fully saturated rings. The number of anilines is 2. The first kappa shape index (κ1) is 20.6. The van der Waals surface area contributed by atoms with Crippen molar-refractivity contribution in [2.24, 2.45) is 0 Å². The second-order valence-electron chi connectivity index (χ2n) is 5.96. The molecule has 8 nitrogen and oxygen atoms in total. The maximum Gasteiger partial charge on any atom is 0.298 e. The van der Waals surface area contributed by atoms with Crippen molar-refractivity contribution in [3.63, 3.8) is 0 Å². The van der Waals surface area contributed by atoms with Gasteiger partial charge in [-0.05, 0) is 42.1 Å². The Balaban J connectivity index is 1.97. The number of nitrogens with zero attached hydrogens (tertiary/aromatic N) is 1. The van der Waals surface area contributed by atoms with Gasteiger partial charge in [-0.15, -0.1) is 12.6 Å². The van der Waals surface area contributed by atoms with E-state index in [1.165, 1.54) is 18.2 Å². The quantitative estimate of drug-likeness (QED) is 0.283. The van der Waals surface area contributed by atoms with Crippen LogP contribution in [0.5, 0.6) is 17.2 Å². The SMILES string of the molecule is CCC(=O)Nc1cccc(N2C(=O)S/C(=C\c3ccc(O)c(O)c3O)C2=O)c1S. The molecule has 1 heterocycles. The highest BCUT2D eigenvalue weighted by Gasteiger charge is 2.37. The molecule has 1 aliphatic heterocycles. The third-order valence-corrected chi connectivity index (χ3v) is 5.43. The zero-order valence-electron chi connectivity index (χ0n) is 15.0. The van der Waals surface area contributed by atoms with E-state index in [2.05, 4.69) is 17.9 Å². The van der Waals surface area contributed by atoms with Crippen LogP contribution in [0.1, 0.15) is 18.9 Å². The van der Waals surface area contributed by atoms with Gasteiger partial charge in [-0.1, -0.05) is 13.0 Å². The number of hydrogen-bond donors (Lipinski definition) is 5. The predicted molar refractivity (Wildman–Crippen MR) is 113 cm³/mol. The molecule has 2 aromatic rings. The van der Waals surface area contributed by atoms with Crippen LogP contribution in [-0.4, -0.2) is 32.4 Å². The van der Waals surface area contributed by atoms with Gasteiger partial charge in [0.2, 0.25) is 11.7 Å². The minimum absolute atomic E-state index is 0.00567. The predicted octanol–water partition coefficient (Wildman–Crippen LogP) is 3.68. The van der Waals surface area contributed by atoms with E-state index in [1.807, 2.05) is 0 Å². The Morgan fingerprint density at radius 1 is 1.17 bits per heavy atom. The van der Waals surface area contributed by atoms with Crippen LogP contribution < -0.4 is 10.2 Å². The lowest BCUT2D eigenvalue weighted by atomic mass is 10.1. The van der Waals surface area contributed by atoms with Crippen LogP contribution in [0, 0.1) is 0 Å². The van der Waals surface area contributed by atoms with Gasteiger partial charge in [-0.25, -0.2) is 4.90 Å². The molecule has 0 unspecified atom stereocenters. The summed E-state index contributed by atoms with van der Waals surface area (Å²) in [6.45, 7) is 1.69. The molecule has 0 atom stereocenters. The summed E-state index contributed by atoms with van der Waals surface area (Å²) in [6, 6.07) is 7.15. The fourth-order valence-corrected chi connectivity index (χ4v) is 3.70. The first-order valence-electron chi connectivity index (χ1n) is 8.38. The molecule has 0 saturated carbocycles. The molecule has 0 radical (unpaired) electrons. The van der Waals surface area contributed by atoms with Gasteiger partial charge in [0.05, 0.1) is 21.2 Å². The van der Waals surface area contributed by atoms with E-state index in [4.69, 9.17) is 0 Å². The van der Waals surface area contributed by atoms with Crippen LogP contribution >= 0.6 is 24.4 Å². The molecule has 29 heavy (non-hydrogen) atoms. The Morgan fingerprint density at radius 2 is 1.90 bits per heavy atom. The maximum absolute atomic E-state index is 12.8. The highest BCUT2D eigenvalue weighted by atomic mass is 32.2. The second kappa shape index (κ2) is 8.10. The number of phenols is 3. The van der Waals surface area contributed by atoms with Gasteiger partial charge < -0.3 is 20.6 Å². The molecule has 1 aliphatic rings. The molecule has 10 heteroatoms. The number of phenolic OH excluding ortho intramolecular Hbond substituents is 3. The van der Waals surface area contributed by atoms with Crippen LogP contribution in [0.2, 0.25) is 0 Å². The minimum atomic E-state index is -0.727. The van der Waals surface area contributed by atoms with Gasteiger partial charge in [0.25, 0.3) is 11.1 Å². The summed E-state index contributed by atoms with van der Waals surface area (Å²) in [7, 11) is 0. The molecule has 4 N–H and O–H groups in total. The second-order valence-corrected chi connectivity index (χ2v) is 7.40. The Labute approximate surface area is 175 Å². The third kappa shape index (κ3) is 3.89. The number of hydrogen-bond acceptors (Lipinski definition) is 8. The number of rotatable bonds is 4. The van der Waals surface area contributed by atoms with Crippen LogP contribution in [-0.2, 0) is 9.59 Å². The lowest BCUT2D eigenvalue weighted by Gasteiger charge is -2.17. The summed E-state index contributed by atoms with van der Waals surface area (Å²) in [6.07, 6.45) is 1.49. The number of aromatic hydroxyl groups is 3. The van der Waals surface area contributed by atoms with E-state index in [9.17, 15) is 29.7 Å². The zero-order chi connectivity index (χ0) is 21.3. The Hall–Kier alpha value is -3.11. The zero-order valence-corrected chi connectivity index (χ0v) is 16.8. The summed E-state index contributed by atoms with van der Waals surface area (Å²) in [5.74, 6) is -2.75. The molecule has 1 saturated heterocycles. The topological polar surface area (TPSA) is 127 Å². The number of thiol groups is 1. The van der Waals surface area contributed by atoms with Gasteiger partial charge in [-0.3, -0.25) is 14.4 Å². The first-order valence-corrected chi connectivity index (χ1v) is 9.64. The van der Waals surface area contributed by atoms with E-state index in [1.54, 1.807) is 19.1 Å². The van der Waals surface area contributed by atoms with Crippen molar-refractivity contribution < 1.29 is 29.7 Å². The lowest BCUT2D eigenvalue weighted by Crippen LogP contribution is -2.28. The van der Waals surface area contributed by atoms with Crippen LogP contribution in [0.15, 0.2) is 40.1 Å². The number of amides is 3. The van der Waals surface area contributed by atoms with E-state index in [-0.39, 0.29) is 33.4 Å². The van der Waals surface area contributed by atoms with E-state index in [0.717, 1.165) is 11.0 Å². The monoisotopic (exact) mass is 432 g/mol. The van der Waals surface area contributed by atoms with Gasteiger partial charge in [0.1, 0.15) is 0 Å².